The van der Waals surface area contributed by atoms with Crippen LogP contribution in [0.15, 0.2) is 23.9 Å². The smallest absolute Gasteiger partial charge is 0.249 e. The van der Waals surface area contributed by atoms with Crippen molar-refractivity contribution < 1.29 is 14.8 Å². The first kappa shape index (κ1) is 13.0. The molecule has 1 aromatic rings. The standard InChI is InChI=1S/C12H15NO4/c1-8(2)10(13(15)16)6-9-4-5-12(17-3)11(14)7-9/h4-8,14H,1-3H3/b10-6-. The molecule has 1 rings (SSSR count). The monoisotopic (exact) mass is 237 g/mol. The lowest BCUT2D eigenvalue weighted by Crippen LogP contribution is -2.05. The van der Waals surface area contributed by atoms with Crippen molar-refractivity contribution in [2.45, 2.75) is 13.8 Å². The number of allylic oxidation sites excluding steroid dienone is 1. The van der Waals surface area contributed by atoms with Gasteiger partial charge in [-0.05, 0) is 17.7 Å². The van der Waals surface area contributed by atoms with Gasteiger partial charge in [0.2, 0.25) is 5.70 Å². The van der Waals surface area contributed by atoms with Crippen molar-refractivity contribution in [3.63, 3.8) is 0 Å². The maximum atomic E-state index is 10.8. The summed E-state index contributed by atoms with van der Waals surface area (Å²) in [6.07, 6.45) is 1.45. The van der Waals surface area contributed by atoms with E-state index in [1.54, 1.807) is 26.0 Å². The summed E-state index contributed by atoms with van der Waals surface area (Å²) in [6, 6.07) is 4.66. The Kier molecular flexibility index (Phi) is 4.09. The van der Waals surface area contributed by atoms with Gasteiger partial charge in [-0.15, -0.1) is 0 Å². The third kappa shape index (κ3) is 3.21. The minimum atomic E-state index is -0.411. The minimum Gasteiger partial charge on any atom is -0.504 e. The fourth-order valence-electron chi connectivity index (χ4n) is 1.40. The van der Waals surface area contributed by atoms with Crippen molar-refractivity contribution in [2.75, 3.05) is 7.11 Å². The topological polar surface area (TPSA) is 72.6 Å². The molecule has 1 aromatic carbocycles. The molecule has 0 aliphatic rings. The highest BCUT2D eigenvalue weighted by molar-refractivity contribution is 5.56. The van der Waals surface area contributed by atoms with Crippen molar-refractivity contribution in [2.24, 2.45) is 5.92 Å². The van der Waals surface area contributed by atoms with Crippen LogP contribution in [-0.2, 0) is 0 Å². The number of nitrogens with zero attached hydrogens (tertiary/aromatic N) is 1. The largest absolute Gasteiger partial charge is 0.504 e. The minimum absolute atomic E-state index is 0.0345. The van der Waals surface area contributed by atoms with E-state index in [4.69, 9.17) is 4.74 Å². The summed E-state index contributed by atoms with van der Waals surface area (Å²) >= 11 is 0. The van der Waals surface area contributed by atoms with Gasteiger partial charge in [0.1, 0.15) is 0 Å². The van der Waals surface area contributed by atoms with Crippen LogP contribution in [0.4, 0.5) is 0 Å². The van der Waals surface area contributed by atoms with E-state index in [1.807, 2.05) is 0 Å². The van der Waals surface area contributed by atoms with Gasteiger partial charge in [0.25, 0.3) is 0 Å². The summed E-state index contributed by atoms with van der Waals surface area (Å²) in [4.78, 5) is 10.4. The van der Waals surface area contributed by atoms with Gasteiger partial charge in [-0.2, -0.15) is 0 Å². The molecule has 0 unspecified atom stereocenters. The van der Waals surface area contributed by atoms with Gasteiger partial charge in [0.15, 0.2) is 11.5 Å². The number of hydrogen-bond donors (Lipinski definition) is 1. The molecule has 0 fully saturated rings. The van der Waals surface area contributed by atoms with Gasteiger partial charge < -0.3 is 9.84 Å². The number of nitro groups is 1. The van der Waals surface area contributed by atoms with Crippen LogP contribution in [0.2, 0.25) is 0 Å². The Hall–Kier alpha value is -2.04. The number of hydrogen-bond acceptors (Lipinski definition) is 4. The normalized spacial score (nSPS) is 11.6. The highest BCUT2D eigenvalue weighted by Gasteiger charge is 2.15. The molecular weight excluding hydrogens is 222 g/mol. The number of rotatable bonds is 4. The second-order valence-electron chi connectivity index (χ2n) is 3.91. The molecule has 92 valence electrons. The predicted octanol–water partition coefficient (Wildman–Crippen LogP) is 2.67. The third-order valence-corrected chi connectivity index (χ3v) is 2.32. The van der Waals surface area contributed by atoms with Crippen molar-refractivity contribution in [3.05, 3.63) is 39.6 Å². The van der Waals surface area contributed by atoms with Crippen LogP contribution in [0.1, 0.15) is 19.4 Å². The predicted molar refractivity (Wildman–Crippen MR) is 64.5 cm³/mol. The van der Waals surface area contributed by atoms with Gasteiger partial charge in [0.05, 0.1) is 12.0 Å². The van der Waals surface area contributed by atoms with E-state index in [0.717, 1.165) is 0 Å². The van der Waals surface area contributed by atoms with E-state index in [9.17, 15) is 15.2 Å². The summed E-state index contributed by atoms with van der Waals surface area (Å²) < 4.78 is 4.90. The molecule has 0 radical (unpaired) electrons. The molecule has 0 amide bonds. The van der Waals surface area contributed by atoms with E-state index in [1.165, 1.54) is 19.3 Å². The first-order chi connectivity index (χ1) is 7.95. The maximum absolute atomic E-state index is 10.8. The Balaban J connectivity index is 3.12. The molecule has 0 heterocycles. The van der Waals surface area contributed by atoms with Crippen LogP contribution in [0, 0.1) is 16.0 Å². The van der Waals surface area contributed by atoms with Crippen LogP contribution in [-0.4, -0.2) is 17.1 Å². The van der Waals surface area contributed by atoms with E-state index in [-0.39, 0.29) is 17.4 Å². The number of methoxy groups -OCH3 is 1. The molecule has 1 N–H and O–H groups in total. The van der Waals surface area contributed by atoms with E-state index < -0.39 is 4.92 Å². The summed E-state index contributed by atoms with van der Waals surface area (Å²) in [7, 11) is 1.45. The lowest BCUT2D eigenvalue weighted by atomic mass is 10.1. The second kappa shape index (κ2) is 5.34. The van der Waals surface area contributed by atoms with Crippen molar-refractivity contribution in [1.82, 2.24) is 0 Å². The zero-order valence-electron chi connectivity index (χ0n) is 10.0. The Morgan fingerprint density at radius 3 is 2.59 bits per heavy atom. The lowest BCUT2D eigenvalue weighted by molar-refractivity contribution is -0.431. The number of phenols is 1. The first-order valence-electron chi connectivity index (χ1n) is 5.18. The molecule has 0 aromatic heterocycles. The van der Waals surface area contributed by atoms with Crippen LogP contribution >= 0.6 is 0 Å². The van der Waals surface area contributed by atoms with Crippen LogP contribution in [0.5, 0.6) is 11.5 Å². The molecular formula is C12H15NO4. The van der Waals surface area contributed by atoms with Crippen LogP contribution in [0.3, 0.4) is 0 Å². The van der Waals surface area contributed by atoms with Crippen molar-refractivity contribution >= 4 is 6.08 Å². The van der Waals surface area contributed by atoms with Crippen molar-refractivity contribution in [1.29, 1.82) is 0 Å². The summed E-state index contributed by atoms with van der Waals surface area (Å²) in [5.74, 6) is 0.122. The molecule has 17 heavy (non-hydrogen) atoms. The molecule has 0 saturated heterocycles. The number of phenolic OH excluding ortho intramolecular Hbond substituents is 1. The van der Waals surface area contributed by atoms with Gasteiger partial charge in [-0.3, -0.25) is 10.1 Å². The van der Waals surface area contributed by atoms with Gasteiger partial charge in [-0.1, -0.05) is 19.9 Å². The first-order valence-corrected chi connectivity index (χ1v) is 5.18. The Morgan fingerprint density at radius 2 is 2.18 bits per heavy atom. The second-order valence-corrected chi connectivity index (χ2v) is 3.91. The van der Waals surface area contributed by atoms with Crippen LogP contribution < -0.4 is 4.74 Å². The van der Waals surface area contributed by atoms with E-state index in [2.05, 4.69) is 0 Å². The number of benzene rings is 1. The van der Waals surface area contributed by atoms with Gasteiger partial charge >= 0.3 is 0 Å². The highest BCUT2D eigenvalue weighted by atomic mass is 16.6. The molecule has 5 heteroatoms. The summed E-state index contributed by atoms with van der Waals surface area (Å²) in [5, 5.41) is 20.4. The zero-order valence-corrected chi connectivity index (χ0v) is 10.0. The molecule has 0 aliphatic heterocycles. The summed E-state index contributed by atoms with van der Waals surface area (Å²) in [6.45, 7) is 3.50. The summed E-state index contributed by atoms with van der Waals surface area (Å²) in [5.41, 5.74) is 0.679. The van der Waals surface area contributed by atoms with Crippen LogP contribution in [0.25, 0.3) is 6.08 Å². The average molecular weight is 237 g/mol. The Bertz CT molecular complexity index is 452. The average Bonchev–Trinajstić information content (AvgIpc) is 2.25. The maximum Gasteiger partial charge on any atom is 0.249 e. The fourth-order valence-corrected chi connectivity index (χ4v) is 1.40. The Morgan fingerprint density at radius 1 is 1.53 bits per heavy atom. The van der Waals surface area contributed by atoms with E-state index >= 15 is 0 Å². The molecule has 0 saturated carbocycles. The molecule has 0 aliphatic carbocycles. The lowest BCUT2D eigenvalue weighted by Gasteiger charge is -2.05. The fraction of sp³-hybridized carbons (Fsp3) is 0.333. The molecule has 5 nitrogen and oxygen atoms in total. The Labute approximate surface area is 99.5 Å². The van der Waals surface area contributed by atoms with Crippen molar-refractivity contribution in [3.8, 4) is 11.5 Å². The zero-order chi connectivity index (χ0) is 13.0. The third-order valence-electron chi connectivity index (χ3n) is 2.32. The highest BCUT2D eigenvalue weighted by Crippen LogP contribution is 2.27. The van der Waals surface area contributed by atoms with E-state index in [0.29, 0.717) is 11.3 Å². The number of aromatic hydroxyl groups is 1. The van der Waals surface area contributed by atoms with Gasteiger partial charge in [-0.25, -0.2) is 0 Å². The van der Waals surface area contributed by atoms with Gasteiger partial charge in [0, 0.05) is 12.0 Å². The molecule has 0 spiro atoms. The quantitative estimate of drug-likeness (QED) is 0.645. The molecule has 0 atom stereocenters. The number of ether oxygens (including phenoxy) is 1. The molecule has 0 bridgehead atoms. The SMILES string of the molecule is COc1ccc(/C=C(/C(C)C)[N+](=O)[O-])cc1O.